The van der Waals surface area contributed by atoms with Crippen molar-refractivity contribution in [2.24, 2.45) is 0 Å². The van der Waals surface area contributed by atoms with Crippen LogP contribution in [0.5, 0.6) is 5.75 Å². The second-order valence-electron chi connectivity index (χ2n) is 6.08. The van der Waals surface area contributed by atoms with Crippen LogP contribution in [0.3, 0.4) is 0 Å². The quantitative estimate of drug-likeness (QED) is 0.425. The lowest BCUT2D eigenvalue weighted by molar-refractivity contribution is 0.321. The molecule has 5 heteroatoms. The van der Waals surface area contributed by atoms with Gasteiger partial charge in [0.1, 0.15) is 5.82 Å². The highest BCUT2D eigenvalue weighted by Crippen LogP contribution is 2.38. The zero-order valence-corrected chi connectivity index (χ0v) is 14.2. The predicted octanol–water partition coefficient (Wildman–Crippen LogP) is 6.38. The van der Waals surface area contributed by atoms with Gasteiger partial charge in [0.15, 0.2) is 22.7 Å². The molecule has 0 amide bonds. The van der Waals surface area contributed by atoms with Crippen LogP contribution >= 0.6 is 0 Å². The van der Waals surface area contributed by atoms with Crippen LogP contribution in [0.1, 0.15) is 12.5 Å². The minimum absolute atomic E-state index is 0.0456. The Balaban J connectivity index is 1.98. The number of hydrogen-bond acceptors (Lipinski definition) is 2. The first-order valence-electron chi connectivity index (χ1n) is 8.23. The fourth-order valence-corrected chi connectivity index (χ4v) is 3.13. The smallest absolute Gasteiger partial charge is 0.208 e. The SMILES string of the molecule is CCOc1ccc2c(oc3c(F)c(-c4ccc(C)cc4F)ccc32)c1F. The molecule has 0 atom stereocenters. The number of benzene rings is 3. The molecule has 0 unspecified atom stereocenters. The third-order valence-electron chi connectivity index (χ3n) is 4.37. The second-order valence-corrected chi connectivity index (χ2v) is 6.08. The third-order valence-corrected chi connectivity index (χ3v) is 4.37. The van der Waals surface area contributed by atoms with Crippen molar-refractivity contribution in [1.29, 1.82) is 0 Å². The van der Waals surface area contributed by atoms with Gasteiger partial charge < -0.3 is 9.15 Å². The molecule has 0 aliphatic rings. The summed E-state index contributed by atoms with van der Waals surface area (Å²) < 4.78 is 54.5. The fourth-order valence-electron chi connectivity index (χ4n) is 3.13. The molecule has 0 saturated carbocycles. The van der Waals surface area contributed by atoms with E-state index in [1.165, 1.54) is 24.3 Å². The van der Waals surface area contributed by atoms with E-state index in [1.807, 2.05) is 0 Å². The molecular weight excluding hydrogens is 341 g/mol. The molecule has 3 aromatic carbocycles. The van der Waals surface area contributed by atoms with Gasteiger partial charge in [-0.1, -0.05) is 18.2 Å². The van der Waals surface area contributed by atoms with Crippen LogP contribution in [-0.4, -0.2) is 6.61 Å². The number of rotatable bonds is 3. The lowest BCUT2D eigenvalue weighted by Gasteiger charge is -2.06. The molecule has 0 saturated heterocycles. The number of furan rings is 1. The summed E-state index contributed by atoms with van der Waals surface area (Å²) in [7, 11) is 0. The number of halogens is 3. The predicted molar refractivity (Wildman–Crippen MR) is 94.9 cm³/mol. The van der Waals surface area contributed by atoms with Crippen molar-refractivity contribution in [1.82, 2.24) is 0 Å². The average molecular weight is 356 g/mol. The van der Waals surface area contributed by atoms with E-state index in [0.717, 1.165) is 5.56 Å². The van der Waals surface area contributed by atoms with Crippen molar-refractivity contribution in [3.63, 3.8) is 0 Å². The first-order valence-corrected chi connectivity index (χ1v) is 8.23. The van der Waals surface area contributed by atoms with Gasteiger partial charge in [0.25, 0.3) is 0 Å². The highest BCUT2D eigenvalue weighted by Gasteiger charge is 2.21. The summed E-state index contributed by atoms with van der Waals surface area (Å²) in [5.41, 5.74) is 0.754. The van der Waals surface area contributed by atoms with E-state index in [4.69, 9.17) is 9.15 Å². The van der Waals surface area contributed by atoms with Crippen LogP contribution in [-0.2, 0) is 0 Å². The minimum Gasteiger partial charge on any atom is -0.491 e. The summed E-state index contributed by atoms with van der Waals surface area (Å²) in [6.07, 6.45) is 0. The molecule has 1 aromatic heterocycles. The number of fused-ring (bicyclic) bond motifs is 3. The average Bonchev–Trinajstić information content (AvgIpc) is 2.99. The van der Waals surface area contributed by atoms with E-state index in [-0.39, 0.29) is 28.0 Å². The van der Waals surface area contributed by atoms with Crippen molar-refractivity contribution in [3.8, 4) is 16.9 Å². The van der Waals surface area contributed by atoms with Gasteiger partial charge in [0.05, 0.1) is 6.61 Å². The summed E-state index contributed by atoms with van der Waals surface area (Å²) in [5, 5.41) is 0.867. The molecular formula is C21H15F3O2. The van der Waals surface area contributed by atoms with Gasteiger partial charge in [-0.3, -0.25) is 0 Å². The third kappa shape index (κ3) is 2.43. The van der Waals surface area contributed by atoms with Crippen LogP contribution in [0.25, 0.3) is 33.1 Å². The molecule has 0 N–H and O–H groups in total. The van der Waals surface area contributed by atoms with Crippen LogP contribution < -0.4 is 4.74 Å². The Morgan fingerprint density at radius 2 is 1.50 bits per heavy atom. The lowest BCUT2D eigenvalue weighted by Crippen LogP contribution is -1.94. The molecule has 2 nitrogen and oxygen atoms in total. The zero-order chi connectivity index (χ0) is 18.4. The lowest BCUT2D eigenvalue weighted by atomic mass is 10.0. The molecule has 4 aromatic rings. The first kappa shape index (κ1) is 16.5. The Morgan fingerprint density at radius 1 is 0.846 bits per heavy atom. The Labute approximate surface area is 147 Å². The van der Waals surface area contributed by atoms with Crippen molar-refractivity contribution in [3.05, 3.63) is 65.5 Å². The number of aryl methyl sites for hydroxylation is 1. The van der Waals surface area contributed by atoms with Crippen molar-refractivity contribution < 1.29 is 22.3 Å². The van der Waals surface area contributed by atoms with Crippen LogP contribution in [0, 0.1) is 24.4 Å². The van der Waals surface area contributed by atoms with E-state index in [1.54, 1.807) is 32.0 Å². The van der Waals surface area contributed by atoms with E-state index < -0.39 is 17.5 Å². The molecule has 4 rings (SSSR count). The van der Waals surface area contributed by atoms with E-state index in [9.17, 15) is 8.78 Å². The van der Waals surface area contributed by atoms with Gasteiger partial charge in [-0.15, -0.1) is 0 Å². The number of hydrogen-bond donors (Lipinski definition) is 0. The summed E-state index contributed by atoms with van der Waals surface area (Å²) in [6, 6.07) is 10.8. The first-order chi connectivity index (χ1) is 12.5. The maximum atomic E-state index is 15.0. The Bertz CT molecular complexity index is 1150. The zero-order valence-electron chi connectivity index (χ0n) is 14.2. The topological polar surface area (TPSA) is 22.4 Å². The molecule has 1 heterocycles. The molecule has 0 radical (unpaired) electrons. The van der Waals surface area contributed by atoms with Crippen LogP contribution in [0.15, 0.2) is 46.9 Å². The second kappa shape index (κ2) is 6.09. The molecule has 132 valence electrons. The van der Waals surface area contributed by atoms with Gasteiger partial charge in [0, 0.05) is 21.9 Å². The standard InChI is InChI=1S/C21H15F3O2/c1-3-25-17-9-8-15-14-7-6-13(12-5-4-11(2)10-16(12)22)18(23)20(14)26-21(15)19(17)24/h4-10H,3H2,1-2H3. The van der Waals surface area contributed by atoms with Gasteiger partial charge in [0.2, 0.25) is 5.82 Å². The molecule has 0 fully saturated rings. The van der Waals surface area contributed by atoms with Crippen molar-refractivity contribution >= 4 is 21.9 Å². The normalized spacial score (nSPS) is 11.4. The molecule has 0 spiro atoms. The van der Waals surface area contributed by atoms with E-state index >= 15 is 4.39 Å². The summed E-state index contributed by atoms with van der Waals surface area (Å²) in [5.74, 6) is -1.88. The number of ether oxygens (including phenoxy) is 1. The summed E-state index contributed by atoms with van der Waals surface area (Å²) >= 11 is 0. The van der Waals surface area contributed by atoms with Gasteiger partial charge in [-0.05, 0) is 43.7 Å². The van der Waals surface area contributed by atoms with E-state index in [2.05, 4.69) is 0 Å². The largest absolute Gasteiger partial charge is 0.491 e. The van der Waals surface area contributed by atoms with Crippen molar-refractivity contribution in [2.45, 2.75) is 13.8 Å². The van der Waals surface area contributed by atoms with E-state index in [0.29, 0.717) is 17.4 Å². The highest BCUT2D eigenvalue weighted by molar-refractivity contribution is 6.06. The molecule has 26 heavy (non-hydrogen) atoms. The Hall–Kier alpha value is -2.95. The molecule has 0 aliphatic carbocycles. The summed E-state index contributed by atoms with van der Waals surface area (Å²) in [6.45, 7) is 3.79. The van der Waals surface area contributed by atoms with Gasteiger partial charge >= 0.3 is 0 Å². The summed E-state index contributed by atoms with van der Waals surface area (Å²) in [4.78, 5) is 0. The maximum absolute atomic E-state index is 15.0. The van der Waals surface area contributed by atoms with Gasteiger partial charge in [-0.25, -0.2) is 8.78 Å². The maximum Gasteiger partial charge on any atom is 0.208 e. The Kier molecular flexibility index (Phi) is 3.87. The minimum atomic E-state index is -0.723. The van der Waals surface area contributed by atoms with Crippen LogP contribution in [0.2, 0.25) is 0 Å². The van der Waals surface area contributed by atoms with Gasteiger partial charge in [-0.2, -0.15) is 4.39 Å². The van der Waals surface area contributed by atoms with Crippen molar-refractivity contribution in [2.75, 3.05) is 6.61 Å². The molecule has 0 aliphatic heterocycles. The highest BCUT2D eigenvalue weighted by atomic mass is 19.1. The Morgan fingerprint density at radius 3 is 2.19 bits per heavy atom. The fraction of sp³-hybridized carbons (Fsp3) is 0.143. The molecule has 0 bridgehead atoms. The monoisotopic (exact) mass is 356 g/mol. The van der Waals surface area contributed by atoms with Crippen LogP contribution in [0.4, 0.5) is 13.2 Å².